The van der Waals surface area contributed by atoms with Crippen LogP contribution in [0.3, 0.4) is 0 Å². The van der Waals surface area contributed by atoms with Gasteiger partial charge in [-0.2, -0.15) is 0 Å². The molecule has 1 amide bonds. The van der Waals surface area contributed by atoms with E-state index in [0.29, 0.717) is 24.3 Å². The van der Waals surface area contributed by atoms with Crippen molar-refractivity contribution in [3.8, 4) is 0 Å². The Labute approximate surface area is 166 Å². The summed E-state index contributed by atoms with van der Waals surface area (Å²) in [6.45, 7) is 4.18. The Morgan fingerprint density at radius 2 is 1.61 bits per heavy atom. The molecule has 0 aliphatic rings. The molecule has 28 heavy (non-hydrogen) atoms. The van der Waals surface area contributed by atoms with Crippen molar-refractivity contribution in [2.24, 2.45) is 0 Å². The Morgan fingerprint density at radius 3 is 2.25 bits per heavy atom. The van der Waals surface area contributed by atoms with Crippen LogP contribution in [0.1, 0.15) is 29.8 Å². The van der Waals surface area contributed by atoms with Gasteiger partial charge in [0.25, 0.3) is 5.91 Å². The number of nitrogens with one attached hydrogen (secondary N) is 1. The summed E-state index contributed by atoms with van der Waals surface area (Å²) in [6.07, 6.45) is 0. The number of hydrogen-bond acceptors (Lipinski definition) is 3. The SMILES string of the molecule is CCN(c1ccc(C(=O)NCc2ccc3ccccc3c2)cc1)S(=O)(=O)CC. The highest BCUT2D eigenvalue weighted by molar-refractivity contribution is 7.92. The zero-order valence-corrected chi connectivity index (χ0v) is 16.9. The van der Waals surface area contributed by atoms with Gasteiger partial charge in [-0.05, 0) is 60.5 Å². The molecule has 0 spiro atoms. The molecule has 0 unspecified atom stereocenters. The summed E-state index contributed by atoms with van der Waals surface area (Å²) in [7, 11) is -3.33. The lowest BCUT2D eigenvalue weighted by molar-refractivity contribution is 0.0951. The van der Waals surface area contributed by atoms with Gasteiger partial charge in [-0.25, -0.2) is 8.42 Å². The van der Waals surface area contributed by atoms with Crippen molar-refractivity contribution in [3.63, 3.8) is 0 Å². The summed E-state index contributed by atoms with van der Waals surface area (Å²) in [4.78, 5) is 12.4. The van der Waals surface area contributed by atoms with Gasteiger partial charge in [-0.3, -0.25) is 9.10 Å². The number of fused-ring (bicyclic) bond motifs is 1. The molecule has 0 saturated carbocycles. The first-order valence-corrected chi connectivity index (χ1v) is 10.9. The van der Waals surface area contributed by atoms with Crippen LogP contribution in [0.15, 0.2) is 66.7 Å². The van der Waals surface area contributed by atoms with Gasteiger partial charge in [-0.1, -0.05) is 36.4 Å². The summed E-state index contributed by atoms with van der Waals surface area (Å²) in [5, 5.41) is 5.21. The highest BCUT2D eigenvalue weighted by Gasteiger charge is 2.18. The second kappa shape index (κ2) is 8.44. The standard InChI is InChI=1S/C22H24N2O3S/c1-3-24(28(26,27)4-2)21-13-11-19(12-14-21)22(25)23-16-17-9-10-18-7-5-6-8-20(18)15-17/h5-15H,3-4,16H2,1-2H3,(H,23,25). The third-order valence-electron chi connectivity index (χ3n) is 4.67. The van der Waals surface area contributed by atoms with E-state index in [1.165, 1.54) is 4.31 Å². The molecule has 0 aliphatic carbocycles. The molecule has 0 radical (unpaired) electrons. The first-order chi connectivity index (χ1) is 13.4. The maximum atomic E-state index is 12.4. The first-order valence-electron chi connectivity index (χ1n) is 9.31. The molecule has 0 aromatic heterocycles. The minimum Gasteiger partial charge on any atom is -0.348 e. The van der Waals surface area contributed by atoms with Crippen LogP contribution in [0, 0.1) is 0 Å². The van der Waals surface area contributed by atoms with E-state index in [2.05, 4.69) is 17.4 Å². The molecule has 0 fully saturated rings. The summed E-state index contributed by atoms with van der Waals surface area (Å²) in [6, 6.07) is 20.8. The monoisotopic (exact) mass is 396 g/mol. The lowest BCUT2D eigenvalue weighted by Gasteiger charge is -2.22. The van der Waals surface area contributed by atoms with E-state index in [9.17, 15) is 13.2 Å². The molecular weight excluding hydrogens is 372 g/mol. The molecule has 6 heteroatoms. The number of benzene rings is 3. The Balaban J connectivity index is 1.68. The summed E-state index contributed by atoms with van der Waals surface area (Å²) in [5.74, 6) is -0.157. The number of nitrogens with zero attached hydrogens (tertiary/aromatic N) is 1. The predicted molar refractivity (Wildman–Crippen MR) is 114 cm³/mol. The van der Waals surface area contributed by atoms with Crippen molar-refractivity contribution in [3.05, 3.63) is 77.9 Å². The number of carbonyl (C=O) groups is 1. The van der Waals surface area contributed by atoms with Gasteiger partial charge in [0, 0.05) is 18.7 Å². The lowest BCUT2D eigenvalue weighted by atomic mass is 10.1. The normalized spacial score (nSPS) is 11.4. The van der Waals surface area contributed by atoms with Gasteiger partial charge >= 0.3 is 0 Å². The second-order valence-corrected chi connectivity index (χ2v) is 8.66. The molecule has 0 heterocycles. The molecule has 0 atom stereocenters. The molecule has 0 bridgehead atoms. The fraction of sp³-hybridized carbons (Fsp3) is 0.227. The molecule has 3 rings (SSSR count). The number of hydrogen-bond donors (Lipinski definition) is 1. The van der Waals surface area contributed by atoms with Gasteiger partial charge in [0.05, 0.1) is 11.4 Å². The van der Waals surface area contributed by atoms with E-state index in [1.54, 1.807) is 38.1 Å². The number of anilines is 1. The van der Waals surface area contributed by atoms with Crippen molar-refractivity contribution >= 4 is 32.4 Å². The van der Waals surface area contributed by atoms with Gasteiger partial charge in [0.2, 0.25) is 10.0 Å². The zero-order chi connectivity index (χ0) is 20.1. The van der Waals surface area contributed by atoms with Crippen molar-refractivity contribution < 1.29 is 13.2 Å². The highest BCUT2D eigenvalue weighted by atomic mass is 32.2. The van der Waals surface area contributed by atoms with E-state index < -0.39 is 10.0 Å². The average molecular weight is 397 g/mol. The lowest BCUT2D eigenvalue weighted by Crippen LogP contribution is -2.32. The molecular formula is C22H24N2O3S. The van der Waals surface area contributed by atoms with Crippen LogP contribution < -0.4 is 9.62 Å². The predicted octanol–water partition coefficient (Wildman–Crippen LogP) is 3.95. The number of amides is 1. The maximum Gasteiger partial charge on any atom is 0.251 e. The van der Waals surface area contributed by atoms with Crippen LogP contribution in [0.25, 0.3) is 10.8 Å². The number of sulfonamides is 1. The maximum absolute atomic E-state index is 12.4. The largest absolute Gasteiger partial charge is 0.348 e. The Morgan fingerprint density at radius 1 is 0.929 bits per heavy atom. The minimum absolute atomic E-state index is 0.0365. The van der Waals surface area contributed by atoms with E-state index in [1.807, 2.05) is 30.3 Å². The Bertz CT molecular complexity index is 1080. The third-order valence-corrected chi connectivity index (χ3v) is 6.54. The quantitative estimate of drug-likeness (QED) is 0.658. The topological polar surface area (TPSA) is 66.5 Å². The fourth-order valence-electron chi connectivity index (χ4n) is 3.11. The molecule has 0 aliphatic heterocycles. The van der Waals surface area contributed by atoms with Crippen LogP contribution in [0.2, 0.25) is 0 Å². The van der Waals surface area contributed by atoms with E-state index in [0.717, 1.165) is 16.3 Å². The summed E-state index contributed by atoms with van der Waals surface area (Å²) >= 11 is 0. The molecule has 146 valence electrons. The van der Waals surface area contributed by atoms with Crippen LogP contribution in [-0.4, -0.2) is 26.6 Å². The van der Waals surface area contributed by atoms with E-state index in [4.69, 9.17) is 0 Å². The van der Waals surface area contributed by atoms with Crippen LogP contribution in [0.4, 0.5) is 5.69 Å². The number of rotatable bonds is 7. The molecule has 5 nitrogen and oxygen atoms in total. The van der Waals surface area contributed by atoms with Gasteiger partial charge < -0.3 is 5.32 Å². The Hall–Kier alpha value is -2.86. The van der Waals surface area contributed by atoms with Gasteiger partial charge in [0.1, 0.15) is 0 Å². The number of carbonyl (C=O) groups excluding carboxylic acids is 1. The van der Waals surface area contributed by atoms with E-state index >= 15 is 0 Å². The van der Waals surface area contributed by atoms with E-state index in [-0.39, 0.29) is 11.7 Å². The van der Waals surface area contributed by atoms with Gasteiger partial charge in [0.15, 0.2) is 0 Å². The third kappa shape index (κ3) is 4.34. The average Bonchev–Trinajstić information content (AvgIpc) is 2.72. The smallest absolute Gasteiger partial charge is 0.251 e. The summed E-state index contributed by atoms with van der Waals surface area (Å²) in [5.41, 5.74) is 2.08. The molecule has 0 saturated heterocycles. The van der Waals surface area contributed by atoms with Gasteiger partial charge in [-0.15, -0.1) is 0 Å². The zero-order valence-electron chi connectivity index (χ0n) is 16.1. The second-order valence-electron chi connectivity index (χ2n) is 6.48. The van der Waals surface area contributed by atoms with Crippen molar-refractivity contribution in [2.45, 2.75) is 20.4 Å². The summed E-state index contributed by atoms with van der Waals surface area (Å²) < 4.78 is 25.6. The fourth-order valence-corrected chi connectivity index (χ4v) is 4.26. The first kappa shape index (κ1) is 19.9. The molecule has 3 aromatic carbocycles. The Kier molecular flexibility index (Phi) is 5.99. The van der Waals surface area contributed by atoms with Crippen LogP contribution in [-0.2, 0) is 16.6 Å². The van der Waals surface area contributed by atoms with Crippen molar-refractivity contribution in [1.82, 2.24) is 5.32 Å². The van der Waals surface area contributed by atoms with Crippen LogP contribution in [0.5, 0.6) is 0 Å². The molecule has 3 aromatic rings. The van der Waals surface area contributed by atoms with Crippen LogP contribution >= 0.6 is 0 Å². The minimum atomic E-state index is -3.33. The molecule has 1 N–H and O–H groups in total. The highest BCUT2D eigenvalue weighted by Crippen LogP contribution is 2.19. The van der Waals surface area contributed by atoms with Crippen molar-refractivity contribution in [2.75, 3.05) is 16.6 Å². The van der Waals surface area contributed by atoms with Crippen molar-refractivity contribution in [1.29, 1.82) is 0 Å².